The summed E-state index contributed by atoms with van der Waals surface area (Å²) in [5.74, 6) is -5.23. The molecule has 0 aromatic heterocycles. The van der Waals surface area contributed by atoms with E-state index in [0.29, 0.717) is 0 Å². The molecule has 1 aliphatic heterocycles. The number of carbonyl (C=O) groups excluding carboxylic acids is 4. The van der Waals surface area contributed by atoms with Crippen molar-refractivity contribution < 1.29 is 38.3 Å². The van der Waals surface area contributed by atoms with Gasteiger partial charge in [-0.25, -0.2) is 9.59 Å². The van der Waals surface area contributed by atoms with Gasteiger partial charge in [-0.15, -0.1) is 0 Å². The van der Waals surface area contributed by atoms with E-state index in [1.54, 1.807) is 13.8 Å². The minimum absolute atomic E-state index is 0.00956. The van der Waals surface area contributed by atoms with Crippen LogP contribution in [0.2, 0.25) is 5.02 Å². The Kier molecular flexibility index (Phi) is 9.34. The van der Waals surface area contributed by atoms with Gasteiger partial charge in [-0.3, -0.25) is 19.7 Å². The molecule has 0 fully saturated rings. The zero-order chi connectivity index (χ0) is 26.3. The van der Waals surface area contributed by atoms with Crippen molar-refractivity contribution in [3.63, 3.8) is 0 Å². The zero-order valence-electron chi connectivity index (χ0n) is 19.4. The number of allylic oxidation sites excluding steroid dienone is 2. The third kappa shape index (κ3) is 6.57. The van der Waals surface area contributed by atoms with Crippen LogP contribution in [0.4, 0.5) is 11.4 Å². The van der Waals surface area contributed by atoms with E-state index in [9.17, 15) is 29.3 Å². The number of dihydropyridines is 1. The lowest BCUT2D eigenvalue weighted by molar-refractivity contribution is -0.383. The number of esters is 3. The second kappa shape index (κ2) is 12.0. The predicted molar refractivity (Wildman–Crippen MR) is 123 cm³/mol. The summed E-state index contributed by atoms with van der Waals surface area (Å²) in [6.07, 6.45) is 0. The van der Waals surface area contributed by atoms with Crippen LogP contribution in [-0.4, -0.2) is 48.6 Å². The standard InChI is InChI=1S/C22H24ClN3O9/c1-5-33-20(28)17-11(3)24-12(4)18(21(29)34-6-2)19(17)22(30)35-10-16(27)25-14-9-13(23)7-8-15(14)26(31)32/h7-9,19,24H,5-6,10H2,1-4H3,(H,25,27). The lowest BCUT2D eigenvalue weighted by Crippen LogP contribution is -2.39. The summed E-state index contributed by atoms with van der Waals surface area (Å²) >= 11 is 5.84. The van der Waals surface area contributed by atoms with Gasteiger partial charge in [-0.2, -0.15) is 0 Å². The first-order valence-electron chi connectivity index (χ1n) is 10.4. The lowest BCUT2D eigenvalue weighted by Gasteiger charge is -2.28. The molecule has 2 rings (SSSR count). The normalized spacial score (nSPS) is 13.6. The molecule has 0 saturated carbocycles. The number of hydrogen-bond donors (Lipinski definition) is 2. The third-order valence-corrected chi connectivity index (χ3v) is 5.00. The van der Waals surface area contributed by atoms with Gasteiger partial charge in [0.2, 0.25) is 0 Å². The van der Waals surface area contributed by atoms with Gasteiger partial charge in [0.1, 0.15) is 11.6 Å². The summed E-state index contributed by atoms with van der Waals surface area (Å²) < 4.78 is 15.2. The Bertz CT molecular complexity index is 1090. The molecule has 12 nitrogen and oxygen atoms in total. The fourth-order valence-electron chi connectivity index (χ4n) is 3.36. The number of ether oxygens (including phenoxy) is 3. The molecular formula is C22H24ClN3O9. The highest BCUT2D eigenvalue weighted by Crippen LogP contribution is 2.33. The lowest BCUT2D eigenvalue weighted by atomic mass is 9.85. The first kappa shape index (κ1) is 27.3. The summed E-state index contributed by atoms with van der Waals surface area (Å²) in [5.41, 5.74) is -0.437. The molecule has 35 heavy (non-hydrogen) atoms. The summed E-state index contributed by atoms with van der Waals surface area (Å²) in [4.78, 5) is 61.1. The molecule has 1 heterocycles. The maximum atomic E-state index is 13.1. The highest BCUT2D eigenvalue weighted by molar-refractivity contribution is 6.31. The maximum absolute atomic E-state index is 13.1. The summed E-state index contributed by atoms with van der Waals surface area (Å²) in [5, 5.41) is 16.4. The number of nitrogens with one attached hydrogen (secondary N) is 2. The molecule has 1 aliphatic rings. The van der Waals surface area contributed by atoms with Crippen LogP contribution in [0.5, 0.6) is 0 Å². The SMILES string of the molecule is CCOC(=O)C1=C(C)NC(C)=C(C(=O)OCC)C1C(=O)OCC(=O)Nc1cc(Cl)ccc1[N+](=O)[O-]. The smallest absolute Gasteiger partial charge is 0.337 e. The predicted octanol–water partition coefficient (Wildman–Crippen LogP) is 2.62. The minimum atomic E-state index is -1.53. The first-order valence-corrected chi connectivity index (χ1v) is 10.8. The molecule has 0 bridgehead atoms. The van der Waals surface area contributed by atoms with Crippen LogP contribution < -0.4 is 10.6 Å². The number of rotatable bonds is 9. The molecule has 1 aromatic rings. The van der Waals surface area contributed by atoms with E-state index in [1.165, 1.54) is 26.0 Å². The van der Waals surface area contributed by atoms with Gasteiger partial charge >= 0.3 is 17.9 Å². The fourth-order valence-corrected chi connectivity index (χ4v) is 3.53. The number of nitro groups is 1. The average molecular weight is 510 g/mol. The van der Waals surface area contributed by atoms with Crippen LogP contribution >= 0.6 is 11.6 Å². The van der Waals surface area contributed by atoms with Crippen molar-refractivity contribution >= 4 is 46.8 Å². The molecule has 1 aromatic carbocycles. The Labute approximate surface area is 205 Å². The van der Waals surface area contributed by atoms with Crippen LogP contribution in [0.15, 0.2) is 40.7 Å². The number of hydrogen-bond acceptors (Lipinski definition) is 10. The zero-order valence-corrected chi connectivity index (χ0v) is 20.2. The number of carbonyl (C=O) groups is 4. The third-order valence-electron chi connectivity index (χ3n) is 4.76. The maximum Gasteiger partial charge on any atom is 0.337 e. The summed E-state index contributed by atoms with van der Waals surface area (Å²) in [6, 6.07) is 3.56. The minimum Gasteiger partial charge on any atom is -0.463 e. The number of anilines is 1. The molecule has 0 radical (unpaired) electrons. The Balaban J connectivity index is 2.30. The molecule has 2 N–H and O–H groups in total. The average Bonchev–Trinajstić information content (AvgIpc) is 2.76. The van der Waals surface area contributed by atoms with E-state index >= 15 is 0 Å². The highest BCUT2D eigenvalue weighted by Gasteiger charge is 2.42. The number of nitro benzene ring substituents is 1. The molecule has 1 amide bonds. The summed E-state index contributed by atoms with van der Waals surface area (Å²) in [6.45, 7) is 5.34. The van der Waals surface area contributed by atoms with Crippen molar-refractivity contribution in [1.82, 2.24) is 5.32 Å². The molecule has 0 atom stereocenters. The van der Waals surface area contributed by atoms with Crippen molar-refractivity contribution in [3.8, 4) is 0 Å². The van der Waals surface area contributed by atoms with Crippen LogP contribution in [0.1, 0.15) is 27.7 Å². The van der Waals surface area contributed by atoms with E-state index < -0.39 is 47.0 Å². The van der Waals surface area contributed by atoms with Gasteiger partial charge in [-0.1, -0.05) is 11.6 Å². The van der Waals surface area contributed by atoms with Crippen molar-refractivity contribution in [2.24, 2.45) is 5.92 Å². The van der Waals surface area contributed by atoms with Crippen LogP contribution in [0, 0.1) is 16.0 Å². The molecule has 0 aliphatic carbocycles. The first-order chi connectivity index (χ1) is 16.5. The van der Waals surface area contributed by atoms with Gasteiger partial charge in [-0.05, 0) is 39.8 Å². The van der Waals surface area contributed by atoms with Gasteiger partial charge in [0.05, 0.1) is 29.3 Å². The van der Waals surface area contributed by atoms with E-state index in [4.69, 9.17) is 25.8 Å². The van der Waals surface area contributed by atoms with Crippen LogP contribution in [-0.2, 0) is 33.4 Å². The van der Waals surface area contributed by atoms with Gasteiger partial charge in [0.15, 0.2) is 6.61 Å². The van der Waals surface area contributed by atoms with Gasteiger partial charge < -0.3 is 24.8 Å². The highest BCUT2D eigenvalue weighted by atomic mass is 35.5. The second-order valence-electron chi connectivity index (χ2n) is 7.15. The van der Waals surface area contributed by atoms with E-state index in [-0.39, 0.29) is 46.5 Å². The number of halogens is 1. The van der Waals surface area contributed by atoms with E-state index in [0.717, 1.165) is 6.07 Å². The van der Waals surface area contributed by atoms with Crippen LogP contribution in [0.3, 0.4) is 0 Å². The van der Waals surface area contributed by atoms with Crippen LogP contribution in [0.25, 0.3) is 0 Å². The Morgan fingerprint density at radius 3 is 2.06 bits per heavy atom. The number of benzene rings is 1. The largest absolute Gasteiger partial charge is 0.463 e. The van der Waals surface area contributed by atoms with Crippen molar-refractivity contribution in [1.29, 1.82) is 0 Å². The topological polar surface area (TPSA) is 163 Å². The van der Waals surface area contributed by atoms with Gasteiger partial charge in [0.25, 0.3) is 11.6 Å². The number of amides is 1. The molecule has 0 spiro atoms. The monoisotopic (exact) mass is 509 g/mol. The van der Waals surface area contributed by atoms with Crippen molar-refractivity contribution in [2.45, 2.75) is 27.7 Å². The molecule has 188 valence electrons. The van der Waals surface area contributed by atoms with E-state index in [1.807, 2.05) is 0 Å². The van der Waals surface area contributed by atoms with Gasteiger partial charge in [0, 0.05) is 22.5 Å². The molecular weight excluding hydrogens is 486 g/mol. The molecule has 0 unspecified atom stereocenters. The fraction of sp³-hybridized carbons (Fsp3) is 0.364. The van der Waals surface area contributed by atoms with Crippen molar-refractivity contribution in [3.05, 3.63) is 55.9 Å². The summed E-state index contributed by atoms with van der Waals surface area (Å²) in [7, 11) is 0. The Hall–Kier alpha value is -3.93. The second-order valence-corrected chi connectivity index (χ2v) is 7.59. The number of nitrogens with zero attached hydrogens (tertiary/aromatic N) is 1. The Morgan fingerprint density at radius 2 is 1.57 bits per heavy atom. The van der Waals surface area contributed by atoms with Crippen molar-refractivity contribution in [2.75, 3.05) is 25.1 Å². The Morgan fingerprint density at radius 1 is 1.03 bits per heavy atom. The molecule has 13 heteroatoms. The van der Waals surface area contributed by atoms with E-state index in [2.05, 4.69) is 10.6 Å². The quantitative estimate of drug-likeness (QED) is 0.219. The molecule has 0 saturated heterocycles.